The molecule has 6 nitrogen and oxygen atoms in total. The standard InChI is InChI=1S/C15H17N3O3.ClH/c19-13-16-11-3-1-2-4-12(11)18(13)14(20)21-15-5-8-17(9-6-15)10-7-15;/h1-4H,5-10H2,(H,16,19);1H. The first kappa shape index (κ1) is 15.1. The molecule has 0 spiro atoms. The van der Waals surface area contributed by atoms with E-state index in [1.54, 1.807) is 18.2 Å². The Morgan fingerprint density at radius 3 is 2.45 bits per heavy atom. The molecular formula is C15H18ClN3O3. The number of hydrogen-bond acceptors (Lipinski definition) is 4. The van der Waals surface area contributed by atoms with E-state index in [1.165, 1.54) is 0 Å². The molecule has 7 heteroatoms. The van der Waals surface area contributed by atoms with Gasteiger partial charge in [-0.2, -0.15) is 4.57 Å². The Morgan fingerprint density at radius 1 is 1.14 bits per heavy atom. The molecule has 0 aliphatic carbocycles. The first-order chi connectivity index (χ1) is 10.2. The Labute approximate surface area is 133 Å². The lowest BCUT2D eigenvalue weighted by Gasteiger charge is -2.47. The van der Waals surface area contributed by atoms with Crippen molar-refractivity contribution in [2.75, 3.05) is 19.6 Å². The minimum atomic E-state index is -0.562. The van der Waals surface area contributed by atoms with Gasteiger partial charge in [0.25, 0.3) is 0 Å². The zero-order chi connectivity index (χ0) is 14.4. The third-order valence-corrected chi connectivity index (χ3v) is 4.73. The van der Waals surface area contributed by atoms with E-state index in [1.807, 2.05) is 6.07 Å². The van der Waals surface area contributed by atoms with Crippen LogP contribution in [0.3, 0.4) is 0 Å². The molecule has 1 aromatic carbocycles. The van der Waals surface area contributed by atoms with Crippen LogP contribution >= 0.6 is 12.4 Å². The number of para-hydroxylation sites is 2. The van der Waals surface area contributed by atoms with Crippen molar-refractivity contribution in [1.29, 1.82) is 0 Å². The number of carbonyl (C=O) groups is 1. The number of piperidine rings is 3. The van der Waals surface area contributed by atoms with Crippen LogP contribution in [0.25, 0.3) is 11.0 Å². The average molecular weight is 324 g/mol. The first-order valence-electron chi connectivity index (χ1n) is 7.32. The fourth-order valence-electron chi connectivity index (χ4n) is 3.42. The van der Waals surface area contributed by atoms with E-state index in [9.17, 15) is 9.59 Å². The van der Waals surface area contributed by atoms with Crippen molar-refractivity contribution in [2.45, 2.75) is 24.9 Å². The highest BCUT2D eigenvalue weighted by Gasteiger charge is 2.43. The summed E-state index contributed by atoms with van der Waals surface area (Å²) in [5.74, 6) is 0. The number of fused-ring (bicyclic) bond motifs is 4. The number of rotatable bonds is 1. The van der Waals surface area contributed by atoms with Gasteiger partial charge in [0, 0.05) is 38.9 Å². The predicted molar refractivity (Wildman–Crippen MR) is 84.7 cm³/mol. The molecule has 3 aliphatic rings. The number of nitrogens with zero attached hydrogens (tertiary/aromatic N) is 2. The van der Waals surface area contributed by atoms with Crippen LogP contribution in [0.2, 0.25) is 0 Å². The van der Waals surface area contributed by atoms with Crippen molar-refractivity contribution >= 4 is 29.5 Å². The summed E-state index contributed by atoms with van der Waals surface area (Å²) in [5, 5.41) is 0. The van der Waals surface area contributed by atoms with Gasteiger partial charge in [-0.15, -0.1) is 12.4 Å². The first-order valence-corrected chi connectivity index (χ1v) is 7.32. The summed E-state index contributed by atoms with van der Waals surface area (Å²) in [4.78, 5) is 29.6. The highest BCUT2D eigenvalue weighted by Crippen LogP contribution is 2.35. The smallest absolute Gasteiger partial charge is 0.423 e. The van der Waals surface area contributed by atoms with Crippen LogP contribution in [0, 0.1) is 0 Å². The quantitative estimate of drug-likeness (QED) is 0.871. The zero-order valence-electron chi connectivity index (χ0n) is 12.1. The summed E-state index contributed by atoms with van der Waals surface area (Å²) < 4.78 is 6.88. The van der Waals surface area contributed by atoms with Crippen LogP contribution in [-0.2, 0) is 4.74 Å². The molecule has 3 saturated heterocycles. The molecular weight excluding hydrogens is 306 g/mol. The van der Waals surface area contributed by atoms with Crippen LogP contribution < -0.4 is 5.69 Å². The molecule has 2 bridgehead atoms. The van der Waals surface area contributed by atoms with Gasteiger partial charge in [-0.1, -0.05) is 12.1 Å². The lowest BCUT2D eigenvalue weighted by Crippen LogP contribution is -2.55. The van der Waals surface area contributed by atoms with Gasteiger partial charge < -0.3 is 14.6 Å². The van der Waals surface area contributed by atoms with E-state index in [-0.39, 0.29) is 18.0 Å². The minimum absolute atomic E-state index is 0. The average Bonchev–Trinajstić information content (AvgIpc) is 2.84. The molecule has 118 valence electrons. The molecule has 4 heterocycles. The highest BCUT2D eigenvalue weighted by molar-refractivity contribution is 5.86. The van der Waals surface area contributed by atoms with Gasteiger partial charge >= 0.3 is 11.8 Å². The lowest BCUT2D eigenvalue weighted by atomic mass is 9.83. The number of aromatic amines is 1. The van der Waals surface area contributed by atoms with Gasteiger partial charge in [0.15, 0.2) is 0 Å². The van der Waals surface area contributed by atoms with Gasteiger partial charge in [-0.25, -0.2) is 9.59 Å². The molecule has 2 aromatic rings. The number of carbonyl (C=O) groups excluding carboxylic acids is 1. The van der Waals surface area contributed by atoms with E-state index in [0.717, 1.165) is 43.5 Å². The van der Waals surface area contributed by atoms with Crippen molar-refractivity contribution < 1.29 is 9.53 Å². The summed E-state index contributed by atoms with van der Waals surface area (Å²) in [6.45, 7) is 2.90. The Kier molecular flexibility index (Phi) is 3.74. The SMILES string of the molecule is Cl.O=C(OC12CCN(CC1)CC2)n1c(=O)[nH]c2ccccc21. The highest BCUT2D eigenvalue weighted by atomic mass is 35.5. The topological polar surface area (TPSA) is 67.3 Å². The largest absolute Gasteiger partial charge is 0.442 e. The van der Waals surface area contributed by atoms with Crippen LogP contribution in [0.5, 0.6) is 0 Å². The van der Waals surface area contributed by atoms with E-state index in [0.29, 0.717) is 11.0 Å². The number of halogens is 1. The molecule has 0 unspecified atom stereocenters. The van der Waals surface area contributed by atoms with E-state index in [2.05, 4.69) is 9.88 Å². The molecule has 22 heavy (non-hydrogen) atoms. The second kappa shape index (κ2) is 5.44. The van der Waals surface area contributed by atoms with Gasteiger partial charge in [-0.05, 0) is 12.1 Å². The van der Waals surface area contributed by atoms with E-state index < -0.39 is 11.8 Å². The zero-order valence-corrected chi connectivity index (χ0v) is 12.9. The normalized spacial score (nSPS) is 26.6. The maximum Gasteiger partial charge on any atom is 0.423 e. The molecule has 5 rings (SSSR count). The fourth-order valence-corrected chi connectivity index (χ4v) is 3.42. The summed E-state index contributed by atoms with van der Waals surface area (Å²) in [6, 6.07) is 7.15. The number of benzene rings is 1. The van der Waals surface area contributed by atoms with E-state index >= 15 is 0 Å². The molecule has 3 fully saturated rings. The summed E-state index contributed by atoms with van der Waals surface area (Å²) in [5.41, 5.74) is 0.391. The lowest BCUT2D eigenvalue weighted by molar-refractivity contribution is -0.0780. The van der Waals surface area contributed by atoms with Crippen LogP contribution in [0.1, 0.15) is 19.3 Å². The summed E-state index contributed by atoms with van der Waals surface area (Å²) in [6.07, 6.45) is 2.01. The minimum Gasteiger partial charge on any atom is -0.442 e. The third-order valence-electron chi connectivity index (χ3n) is 4.73. The second-order valence-corrected chi connectivity index (χ2v) is 5.93. The van der Waals surface area contributed by atoms with Crippen LogP contribution in [0.15, 0.2) is 29.1 Å². The maximum atomic E-state index is 12.5. The Balaban J connectivity index is 0.00000144. The van der Waals surface area contributed by atoms with Gasteiger partial charge in [0.05, 0.1) is 11.0 Å². The predicted octanol–water partition coefficient (Wildman–Crippen LogP) is 1.97. The number of H-pyrrole nitrogens is 1. The van der Waals surface area contributed by atoms with Gasteiger partial charge in [0.1, 0.15) is 5.60 Å². The maximum absolute atomic E-state index is 12.5. The second-order valence-electron chi connectivity index (χ2n) is 5.93. The van der Waals surface area contributed by atoms with Crippen molar-refractivity contribution in [1.82, 2.24) is 14.5 Å². The third kappa shape index (κ3) is 2.32. The van der Waals surface area contributed by atoms with Crippen LogP contribution in [0.4, 0.5) is 4.79 Å². The molecule has 0 atom stereocenters. The number of hydrogen-bond donors (Lipinski definition) is 1. The monoisotopic (exact) mass is 323 g/mol. The number of nitrogens with one attached hydrogen (secondary N) is 1. The Hall–Kier alpha value is -1.79. The van der Waals surface area contributed by atoms with Crippen molar-refractivity contribution in [3.8, 4) is 0 Å². The van der Waals surface area contributed by atoms with Crippen molar-refractivity contribution in [2.24, 2.45) is 0 Å². The van der Waals surface area contributed by atoms with Crippen molar-refractivity contribution in [3.05, 3.63) is 34.7 Å². The molecule has 1 aromatic heterocycles. The molecule has 0 radical (unpaired) electrons. The number of imidazole rings is 1. The van der Waals surface area contributed by atoms with Gasteiger partial charge in [-0.3, -0.25) is 0 Å². The Morgan fingerprint density at radius 2 is 1.77 bits per heavy atom. The van der Waals surface area contributed by atoms with Crippen LogP contribution in [-0.4, -0.2) is 45.8 Å². The molecule has 1 N–H and O–H groups in total. The summed E-state index contributed by atoms with van der Waals surface area (Å²) in [7, 11) is 0. The van der Waals surface area contributed by atoms with Gasteiger partial charge in [0.2, 0.25) is 0 Å². The van der Waals surface area contributed by atoms with Crippen molar-refractivity contribution in [3.63, 3.8) is 0 Å². The molecule has 0 amide bonds. The number of aromatic nitrogens is 2. The van der Waals surface area contributed by atoms with E-state index in [4.69, 9.17) is 4.74 Å². The summed E-state index contributed by atoms with van der Waals surface area (Å²) >= 11 is 0. The fraction of sp³-hybridized carbons (Fsp3) is 0.467. The molecule has 0 saturated carbocycles. The Bertz CT molecular complexity index is 745. The molecule has 3 aliphatic heterocycles. The number of ether oxygens (including phenoxy) is 1.